The highest BCUT2D eigenvalue weighted by molar-refractivity contribution is 8.29. The summed E-state index contributed by atoms with van der Waals surface area (Å²) in [5, 5.41) is 4.10. The van der Waals surface area contributed by atoms with Crippen molar-refractivity contribution < 1.29 is 14.3 Å². The molecule has 0 bridgehead atoms. The molecular weight excluding hydrogens is 378 g/mol. The number of carbonyl (C=O) groups excluding carboxylic acids is 1. The molecule has 0 aromatic rings. The number of esters is 1. The van der Waals surface area contributed by atoms with Crippen LogP contribution in [0.4, 0.5) is 0 Å². The van der Waals surface area contributed by atoms with Crippen LogP contribution in [0.15, 0.2) is 5.11 Å². The largest absolute Gasteiger partial charge is 0.463 e. The molecule has 1 rings (SSSR count). The number of hydrogen-bond donors (Lipinski definition) is 0. The lowest BCUT2D eigenvalue weighted by Gasteiger charge is -2.49. The van der Waals surface area contributed by atoms with E-state index in [-0.39, 0.29) is 42.0 Å². The maximum absolute atomic E-state index is 11.3. The maximum atomic E-state index is 11.3. The van der Waals surface area contributed by atoms with Crippen LogP contribution in [0.1, 0.15) is 62.3 Å². The molecule has 0 saturated carbocycles. The third kappa shape index (κ3) is 5.43. The van der Waals surface area contributed by atoms with Gasteiger partial charge in [-0.05, 0) is 34.0 Å². The standard InChI is InChI=1S/C19H37N3O3SSi/c1-11(2)27(12(3)4,13(5)6)26-19-15(8)18(21-22-20)14(7)17(25-19)10-24-16(9)23/h11-15,17-19H,10H2,1-9H3/t14-,15?,17?,18-,19-/m0/s1. The molecule has 1 fully saturated rings. The van der Waals surface area contributed by atoms with Gasteiger partial charge in [0.15, 0.2) is 0 Å². The van der Waals surface area contributed by atoms with Crippen LogP contribution in [0.3, 0.4) is 0 Å². The molecule has 1 aliphatic rings. The van der Waals surface area contributed by atoms with Gasteiger partial charge in [-0.2, -0.15) is 11.2 Å². The van der Waals surface area contributed by atoms with Gasteiger partial charge in [0.25, 0.3) is 0 Å². The molecule has 2 unspecified atom stereocenters. The van der Waals surface area contributed by atoms with E-state index in [1.807, 2.05) is 18.1 Å². The van der Waals surface area contributed by atoms with Gasteiger partial charge < -0.3 is 9.47 Å². The fourth-order valence-electron chi connectivity index (χ4n) is 4.68. The van der Waals surface area contributed by atoms with Crippen LogP contribution < -0.4 is 0 Å². The van der Waals surface area contributed by atoms with Crippen molar-refractivity contribution >= 4 is 24.4 Å². The number of carbonyl (C=O) groups is 1. The summed E-state index contributed by atoms with van der Waals surface area (Å²) in [7, 11) is -1.76. The minimum absolute atomic E-state index is 0.000293. The van der Waals surface area contributed by atoms with Gasteiger partial charge in [0.05, 0.1) is 6.10 Å². The van der Waals surface area contributed by atoms with Gasteiger partial charge >= 0.3 is 5.97 Å². The number of ether oxygens (including phenoxy) is 2. The van der Waals surface area contributed by atoms with E-state index >= 15 is 0 Å². The van der Waals surface area contributed by atoms with E-state index in [0.717, 1.165) is 0 Å². The Labute approximate surface area is 169 Å². The SMILES string of the molecule is CC(=O)OCC1O[C@@H](S[Si](C(C)C)(C(C)C)C(C)C)C(C)[C@@H](N=[N+]=[N-])[C@H]1C. The first-order valence-electron chi connectivity index (χ1n) is 9.99. The highest BCUT2D eigenvalue weighted by Gasteiger charge is 2.50. The van der Waals surface area contributed by atoms with Gasteiger partial charge in [-0.1, -0.05) is 60.5 Å². The fourth-order valence-corrected chi connectivity index (χ4v) is 14.9. The Morgan fingerprint density at radius 1 is 1.15 bits per heavy atom. The van der Waals surface area contributed by atoms with Crippen LogP contribution in [0, 0.1) is 11.8 Å². The predicted molar refractivity (Wildman–Crippen MR) is 115 cm³/mol. The van der Waals surface area contributed by atoms with Crippen LogP contribution in [0.25, 0.3) is 10.4 Å². The molecule has 0 spiro atoms. The molecule has 1 aliphatic heterocycles. The topological polar surface area (TPSA) is 84.3 Å². The Balaban J connectivity index is 3.21. The quantitative estimate of drug-likeness (QED) is 0.157. The second kappa shape index (κ2) is 10.2. The predicted octanol–water partition coefficient (Wildman–Crippen LogP) is 6.13. The van der Waals surface area contributed by atoms with E-state index in [9.17, 15) is 4.79 Å². The van der Waals surface area contributed by atoms with Crippen molar-refractivity contribution in [3.63, 3.8) is 0 Å². The smallest absolute Gasteiger partial charge is 0.302 e. The molecule has 0 aliphatic carbocycles. The molecular formula is C19H37N3O3SSi. The normalized spacial score (nSPS) is 29.1. The van der Waals surface area contributed by atoms with Crippen molar-refractivity contribution in [2.24, 2.45) is 17.0 Å². The second-order valence-corrected chi connectivity index (χ2v) is 17.4. The molecule has 0 amide bonds. The number of nitrogens with zero attached hydrogens (tertiary/aromatic N) is 3. The van der Waals surface area contributed by atoms with Gasteiger partial charge in [-0.3, -0.25) is 4.79 Å². The summed E-state index contributed by atoms with van der Waals surface area (Å²) >= 11 is 2.01. The average molecular weight is 416 g/mol. The minimum Gasteiger partial charge on any atom is -0.463 e. The lowest BCUT2D eigenvalue weighted by atomic mass is 9.85. The van der Waals surface area contributed by atoms with Crippen molar-refractivity contribution in [1.29, 1.82) is 0 Å². The van der Waals surface area contributed by atoms with E-state index in [0.29, 0.717) is 16.6 Å². The second-order valence-electron chi connectivity index (χ2n) is 8.69. The van der Waals surface area contributed by atoms with Crippen molar-refractivity contribution in [3.8, 4) is 0 Å². The summed E-state index contributed by atoms with van der Waals surface area (Å²) in [5.74, 6) is -0.206. The van der Waals surface area contributed by atoms with Gasteiger partial charge in [-0.15, -0.1) is 0 Å². The Hall–Kier alpha value is -0.693. The Morgan fingerprint density at radius 2 is 1.67 bits per heavy atom. The molecule has 0 radical (unpaired) electrons. The first kappa shape index (κ1) is 24.3. The van der Waals surface area contributed by atoms with Crippen LogP contribution in [0.2, 0.25) is 16.6 Å². The van der Waals surface area contributed by atoms with Crippen molar-refractivity contribution in [2.75, 3.05) is 6.61 Å². The molecule has 8 heteroatoms. The summed E-state index contributed by atoms with van der Waals surface area (Å²) in [4.78, 5) is 14.4. The van der Waals surface area contributed by atoms with Crippen LogP contribution >= 0.6 is 11.2 Å². The van der Waals surface area contributed by atoms with Gasteiger partial charge in [0.2, 0.25) is 0 Å². The molecule has 0 aromatic carbocycles. The van der Waals surface area contributed by atoms with Crippen molar-refractivity contribution in [3.05, 3.63) is 10.4 Å². The van der Waals surface area contributed by atoms with E-state index in [4.69, 9.17) is 15.0 Å². The monoisotopic (exact) mass is 415 g/mol. The van der Waals surface area contributed by atoms with Gasteiger partial charge in [-0.25, -0.2) is 0 Å². The molecule has 5 atom stereocenters. The summed E-state index contributed by atoms with van der Waals surface area (Å²) in [6, 6.07) is -0.167. The van der Waals surface area contributed by atoms with Gasteiger partial charge in [0.1, 0.15) is 19.3 Å². The zero-order chi connectivity index (χ0) is 20.9. The molecule has 156 valence electrons. The highest BCUT2D eigenvalue weighted by atomic mass is 32.4. The minimum atomic E-state index is -1.76. The number of azide groups is 1. The van der Waals surface area contributed by atoms with Crippen LogP contribution in [0.5, 0.6) is 0 Å². The molecule has 0 aromatic heterocycles. The fraction of sp³-hybridized carbons (Fsp3) is 0.947. The first-order chi connectivity index (χ1) is 12.5. The van der Waals surface area contributed by atoms with E-state index in [1.165, 1.54) is 6.92 Å². The molecule has 27 heavy (non-hydrogen) atoms. The van der Waals surface area contributed by atoms with Gasteiger partial charge in [0, 0.05) is 17.9 Å². The molecule has 6 nitrogen and oxygen atoms in total. The Morgan fingerprint density at radius 3 is 2.07 bits per heavy atom. The van der Waals surface area contributed by atoms with Crippen LogP contribution in [-0.4, -0.2) is 37.4 Å². The molecule has 0 N–H and O–H groups in total. The third-order valence-electron chi connectivity index (χ3n) is 6.07. The Kier molecular flexibility index (Phi) is 9.19. The third-order valence-corrected chi connectivity index (χ3v) is 18.8. The maximum Gasteiger partial charge on any atom is 0.302 e. The number of rotatable bonds is 8. The summed E-state index contributed by atoms with van der Waals surface area (Å²) in [5.41, 5.74) is 10.8. The Bertz CT molecular complexity index is 531. The van der Waals surface area contributed by atoms with Crippen molar-refractivity contribution in [2.45, 2.75) is 96.5 Å². The molecule has 1 heterocycles. The summed E-state index contributed by atoms with van der Waals surface area (Å²) in [6.45, 7) is 19.7. The lowest BCUT2D eigenvalue weighted by molar-refractivity contribution is -0.153. The van der Waals surface area contributed by atoms with E-state index in [1.54, 1.807) is 0 Å². The molecule has 1 saturated heterocycles. The summed E-state index contributed by atoms with van der Waals surface area (Å²) < 4.78 is 11.7. The van der Waals surface area contributed by atoms with E-state index < -0.39 is 7.22 Å². The lowest BCUT2D eigenvalue weighted by Crippen LogP contribution is -2.52. The van der Waals surface area contributed by atoms with Crippen molar-refractivity contribution in [1.82, 2.24) is 0 Å². The zero-order valence-electron chi connectivity index (χ0n) is 18.3. The zero-order valence-corrected chi connectivity index (χ0v) is 20.1. The summed E-state index contributed by atoms with van der Waals surface area (Å²) in [6.07, 6.45) is -0.253. The van der Waals surface area contributed by atoms with E-state index in [2.05, 4.69) is 58.5 Å². The first-order valence-corrected chi connectivity index (χ1v) is 13.8. The van der Waals surface area contributed by atoms with Crippen LogP contribution in [-0.2, 0) is 14.3 Å². The number of hydrogen-bond acceptors (Lipinski definition) is 5. The average Bonchev–Trinajstić information content (AvgIpc) is 2.55. The highest BCUT2D eigenvalue weighted by Crippen LogP contribution is 2.53.